The number of halogens is 1. The summed E-state index contributed by atoms with van der Waals surface area (Å²) < 4.78 is 27.4. The predicted molar refractivity (Wildman–Crippen MR) is 108 cm³/mol. The van der Waals surface area contributed by atoms with Crippen LogP contribution in [0, 0.1) is 0 Å². The molecule has 2 aromatic rings. The zero-order valence-electron chi connectivity index (χ0n) is 15.6. The van der Waals surface area contributed by atoms with Gasteiger partial charge in [-0.3, -0.25) is 4.79 Å². The first kappa shape index (κ1) is 21.4. The van der Waals surface area contributed by atoms with Gasteiger partial charge in [-0.1, -0.05) is 55.3 Å². The first-order chi connectivity index (χ1) is 12.8. The molecule has 0 bridgehead atoms. The van der Waals surface area contributed by atoms with Gasteiger partial charge in [-0.05, 0) is 43.2 Å². The van der Waals surface area contributed by atoms with Crippen LogP contribution in [-0.4, -0.2) is 31.2 Å². The van der Waals surface area contributed by atoms with Crippen molar-refractivity contribution in [2.75, 3.05) is 6.54 Å². The van der Waals surface area contributed by atoms with Crippen LogP contribution in [0.4, 0.5) is 0 Å². The van der Waals surface area contributed by atoms with E-state index in [2.05, 4.69) is 5.32 Å². The Kier molecular flexibility index (Phi) is 7.83. The van der Waals surface area contributed by atoms with Gasteiger partial charge in [-0.25, -0.2) is 8.42 Å². The molecule has 0 saturated heterocycles. The van der Waals surface area contributed by atoms with Gasteiger partial charge in [-0.15, -0.1) is 0 Å². The van der Waals surface area contributed by atoms with Crippen molar-refractivity contribution in [2.24, 2.45) is 0 Å². The lowest BCUT2D eigenvalue weighted by molar-refractivity contribution is -0.122. The summed E-state index contributed by atoms with van der Waals surface area (Å²) in [5.74, 6) is -0.315. The van der Waals surface area contributed by atoms with E-state index in [0.717, 1.165) is 18.4 Å². The fourth-order valence-electron chi connectivity index (χ4n) is 2.75. The van der Waals surface area contributed by atoms with Crippen molar-refractivity contribution < 1.29 is 13.2 Å². The molecule has 7 heteroatoms. The number of carbonyl (C=O) groups excluding carboxylic acids is 1. The molecule has 0 aliphatic carbocycles. The van der Waals surface area contributed by atoms with Gasteiger partial charge in [0.25, 0.3) is 0 Å². The maximum atomic E-state index is 13.1. The molecule has 1 amide bonds. The van der Waals surface area contributed by atoms with Crippen LogP contribution in [0.3, 0.4) is 0 Å². The Balaban J connectivity index is 2.26. The van der Waals surface area contributed by atoms with E-state index < -0.39 is 10.0 Å². The number of carbonyl (C=O) groups is 1. The van der Waals surface area contributed by atoms with E-state index in [-0.39, 0.29) is 29.9 Å². The van der Waals surface area contributed by atoms with Crippen LogP contribution in [-0.2, 0) is 21.4 Å². The van der Waals surface area contributed by atoms with Gasteiger partial charge >= 0.3 is 0 Å². The second-order valence-corrected chi connectivity index (χ2v) is 8.84. The lowest BCUT2D eigenvalue weighted by Gasteiger charge is -2.23. The van der Waals surface area contributed by atoms with E-state index in [1.54, 1.807) is 0 Å². The van der Waals surface area contributed by atoms with Gasteiger partial charge in [0, 0.05) is 17.6 Å². The summed E-state index contributed by atoms with van der Waals surface area (Å²) in [6, 6.07) is 15.2. The fraction of sp³-hybridized carbons (Fsp3) is 0.350. The summed E-state index contributed by atoms with van der Waals surface area (Å²) in [6.07, 6.45) is 1.78. The molecule has 0 fully saturated rings. The second kappa shape index (κ2) is 9.88. The summed E-state index contributed by atoms with van der Waals surface area (Å²) >= 11 is 5.87. The van der Waals surface area contributed by atoms with Gasteiger partial charge in [0.05, 0.1) is 11.4 Å². The molecule has 1 N–H and O–H groups in total. The molecule has 0 aliphatic heterocycles. The molecular formula is C20H25ClN2O3S. The Morgan fingerprint density at radius 3 is 2.33 bits per heavy atom. The van der Waals surface area contributed by atoms with Gasteiger partial charge in [0.2, 0.25) is 15.9 Å². The standard InChI is InChI=1S/C20H25ClN2O3S/c1-3-7-16(2)22-20(24)15-23(14-17-8-5-4-6-9-17)27(25,26)19-12-10-18(21)11-13-19/h4-6,8-13,16H,3,7,14-15H2,1-2H3,(H,22,24)/t16-/m1/s1. The normalized spacial score (nSPS) is 12.7. The highest BCUT2D eigenvalue weighted by Crippen LogP contribution is 2.20. The minimum absolute atomic E-state index is 0.000638. The van der Waals surface area contributed by atoms with E-state index >= 15 is 0 Å². The second-order valence-electron chi connectivity index (χ2n) is 6.47. The Hall–Kier alpha value is -1.89. The first-order valence-corrected chi connectivity index (χ1v) is 10.7. The maximum absolute atomic E-state index is 13.1. The molecule has 5 nitrogen and oxygen atoms in total. The largest absolute Gasteiger partial charge is 0.353 e. The molecule has 0 spiro atoms. The molecule has 146 valence electrons. The first-order valence-electron chi connectivity index (χ1n) is 8.92. The van der Waals surface area contributed by atoms with Gasteiger partial charge in [-0.2, -0.15) is 4.31 Å². The Labute approximate surface area is 166 Å². The van der Waals surface area contributed by atoms with Crippen LogP contribution >= 0.6 is 11.6 Å². The number of hydrogen-bond acceptors (Lipinski definition) is 3. The summed E-state index contributed by atoms with van der Waals surface area (Å²) in [5.41, 5.74) is 0.810. The van der Waals surface area contributed by atoms with Crippen molar-refractivity contribution in [1.82, 2.24) is 9.62 Å². The van der Waals surface area contributed by atoms with Crippen molar-refractivity contribution in [3.63, 3.8) is 0 Å². The number of nitrogens with one attached hydrogen (secondary N) is 1. The maximum Gasteiger partial charge on any atom is 0.243 e. The highest BCUT2D eigenvalue weighted by Gasteiger charge is 2.27. The SMILES string of the molecule is CCC[C@@H](C)NC(=O)CN(Cc1ccccc1)S(=O)(=O)c1ccc(Cl)cc1. The highest BCUT2D eigenvalue weighted by molar-refractivity contribution is 7.89. The summed E-state index contributed by atoms with van der Waals surface area (Å²) in [5, 5.41) is 3.32. The van der Waals surface area contributed by atoms with E-state index in [9.17, 15) is 13.2 Å². The minimum atomic E-state index is -3.85. The molecule has 2 aromatic carbocycles. The van der Waals surface area contributed by atoms with Crippen molar-refractivity contribution in [1.29, 1.82) is 0 Å². The lowest BCUT2D eigenvalue weighted by atomic mass is 10.2. The third-order valence-electron chi connectivity index (χ3n) is 4.10. The molecule has 0 saturated carbocycles. The molecule has 0 unspecified atom stereocenters. The van der Waals surface area contributed by atoms with Gasteiger partial charge < -0.3 is 5.32 Å². The Morgan fingerprint density at radius 1 is 1.11 bits per heavy atom. The Morgan fingerprint density at radius 2 is 1.74 bits per heavy atom. The number of benzene rings is 2. The molecule has 1 atom stereocenters. The van der Waals surface area contributed by atoms with Gasteiger partial charge in [0.1, 0.15) is 0 Å². The van der Waals surface area contributed by atoms with Crippen LogP contribution in [0.5, 0.6) is 0 Å². The molecule has 0 heterocycles. The van der Waals surface area contributed by atoms with Crippen molar-refractivity contribution in [2.45, 2.75) is 44.2 Å². The highest BCUT2D eigenvalue weighted by atomic mass is 35.5. The number of amides is 1. The summed E-state index contributed by atoms with van der Waals surface area (Å²) in [4.78, 5) is 12.5. The van der Waals surface area contributed by atoms with E-state index in [0.29, 0.717) is 5.02 Å². The average molecular weight is 409 g/mol. The molecule has 27 heavy (non-hydrogen) atoms. The lowest BCUT2D eigenvalue weighted by Crippen LogP contribution is -2.43. The quantitative estimate of drug-likeness (QED) is 0.685. The van der Waals surface area contributed by atoms with Crippen LogP contribution in [0.25, 0.3) is 0 Å². The number of sulfonamides is 1. The van der Waals surface area contributed by atoms with Crippen molar-refractivity contribution in [3.8, 4) is 0 Å². The zero-order chi connectivity index (χ0) is 19.9. The molecular weight excluding hydrogens is 384 g/mol. The number of rotatable bonds is 9. The van der Waals surface area contributed by atoms with E-state index in [1.807, 2.05) is 44.2 Å². The molecule has 0 radical (unpaired) electrons. The predicted octanol–water partition coefficient (Wildman–Crippen LogP) is 3.84. The van der Waals surface area contributed by atoms with Crippen LogP contribution in [0.2, 0.25) is 5.02 Å². The van der Waals surface area contributed by atoms with Crippen LogP contribution in [0.15, 0.2) is 59.5 Å². The average Bonchev–Trinajstić information content (AvgIpc) is 2.62. The topological polar surface area (TPSA) is 66.5 Å². The van der Waals surface area contributed by atoms with Crippen molar-refractivity contribution in [3.05, 3.63) is 65.2 Å². The molecule has 0 aliphatic rings. The summed E-state index contributed by atoms with van der Waals surface area (Å²) in [6.45, 7) is 3.82. The van der Waals surface area contributed by atoms with Crippen molar-refractivity contribution >= 4 is 27.5 Å². The molecule has 2 rings (SSSR count). The Bertz CT molecular complexity index is 839. The zero-order valence-corrected chi connectivity index (χ0v) is 17.1. The van der Waals surface area contributed by atoms with Crippen LogP contribution in [0.1, 0.15) is 32.3 Å². The van der Waals surface area contributed by atoms with E-state index in [4.69, 9.17) is 11.6 Å². The van der Waals surface area contributed by atoms with Gasteiger partial charge in [0.15, 0.2) is 0 Å². The smallest absolute Gasteiger partial charge is 0.243 e. The van der Waals surface area contributed by atoms with Crippen LogP contribution < -0.4 is 5.32 Å². The number of hydrogen-bond donors (Lipinski definition) is 1. The molecule has 0 aromatic heterocycles. The third kappa shape index (κ3) is 6.34. The third-order valence-corrected chi connectivity index (χ3v) is 6.16. The monoisotopic (exact) mass is 408 g/mol. The van der Waals surface area contributed by atoms with E-state index in [1.165, 1.54) is 28.6 Å². The summed E-state index contributed by atoms with van der Waals surface area (Å²) in [7, 11) is -3.85. The fourth-order valence-corrected chi connectivity index (χ4v) is 4.26. The number of nitrogens with zero attached hydrogens (tertiary/aromatic N) is 1. The minimum Gasteiger partial charge on any atom is -0.353 e.